The van der Waals surface area contributed by atoms with E-state index in [1.54, 1.807) is 42.1 Å². The lowest BCUT2D eigenvalue weighted by molar-refractivity contribution is -0.124. The van der Waals surface area contributed by atoms with Crippen LogP contribution in [0.1, 0.15) is 31.4 Å². The van der Waals surface area contributed by atoms with Crippen molar-refractivity contribution in [3.63, 3.8) is 0 Å². The Hall–Kier alpha value is -2.97. The van der Waals surface area contributed by atoms with Gasteiger partial charge in [-0.2, -0.15) is 0 Å². The van der Waals surface area contributed by atoms with E-state index in [1.165, 1.54) is 11.6 Å². The van der Waals surface area contributed by atoms with Gasteiger partial charge in [0.1, 0.15) is 11.9 Å². The summed E-state index contributed by atoms with van der Waals surface area (Å²) < 4.78 is 5.72. The van der Waals surface area contributed by atoms with Gasteiger partial charge in [-0.3, -0.25) is 15.3 Å². The molecule has 0 aliphatic carbocycles. The molecule has 2 atom stereocenters. The standard InChI is InChI=1S/C22H26N2O5S/c1-15(5-3-4-6-20(26)24-28)21(16-7-11-18(25)12-8-16)29-22(27)23-17-9-13-19(30-2)14-10-17/h4,6-15,21,25,28H,3,5H2,1-2H3,(H,23,27)(H,24,26)/b6-4+/t15-,21+/m1/s1. The first-order valence-corrected chi connectivity index (χ1v) is 10.7. The van der Waals surface area contributed by atoms with Crippen LogP contribution in [0.3, 0.4) is 0 Å². The third-order valence-corrected chi connectivity index (χ3v) is 5.22. The minimum absolute atomic E-state index is 0.0685. The molecule has 8 heteroatoms. The maximum absolute atomic E-state index is 12.5. The molecule has 4 N–H and O–H groups in total. The molecule has 30 heavy (non-hydrogen) atoms. The van der Waals surface area contributed by atoms with Gasteiger partial charge >= 0.3 is 6.09 Å². The van der Waals surface area contributed by atoms with Gasteiger partial charge in [-0.15, -0.1) is 11.8 Å². The molecule has 7 nitrogen and oxygen atoms in total. The van der Waals surface area contributed by atoms with Crippen LogP contribution in [0.2, 0.25) is 0 Å². The molecule has 0 saturated heterocycles. The second-order valence-electron chi connectivity index (χ2n) is 6.70. The molecule has 2 aromatic carbocycles. The van der Waals surface area contributed by atoms with E-state index in [4.69, 9.17) is 9.94 Å². The minimum atomic E-state index is -0.596. The first kappa shape index (κ1) is 23.3. The van der Waals surface area contributed by atoms with Gasteiger partial charge in [-0.25, -0.2) is 10.3 Å². The van der Waals surface area contributed by atoms with Gasteiger partial charge < -0.3 is 9.84 Å². The number of aromatic hydroxyl groups is 1. The van der Waals surface area contributed by atoms with E-state index < -0.39 is 18.1 Å². The molecule has 0 aliphatic heterocycles. The molecule has 160 valence electrons. The van der Waals surface area contributed by atoms with Gasteiger partial charge in [-0.05, 0) is 67.0 Å². The highest BCUT2D eigenvalue weighted by molar-refractivity contribution is 7.98. The molecule has 2 amide bonds. The minimum Gasteiger partial charge on any atom is -0.508 e. The Labute approximate surface area is 180 Å². The molecule has 0 aromatic heterocycles. The highest BCUT2D eigenvalue weighted by Crippen LogP contribution is 2.31. The van der Waals surface area contributed by atoms with Crippen LogP contribution in [-0.2, 0) is 9.53 Å². The Morgan fingerprint density at radius 2 is 1.80 bits per heavy atom. The van der Waals surface area contributed by atoms with Gasteiger partial charge in [0, 0.05) is 16.7 Å². The van der Waals surface area contributed by atoms with E-state index in [9.17, 15) is 14.7 Å². The highest BCUT2D eigenvalue weighted by Gasteiger charge is 2.23. The summed E-state index contributed by atoms with van der Waals surface area (Å²) in [5.74, 6) is -0.539. The van der Waals surface area contributed by atoms with Crippen LogP contribution in [0, 0.1) is 5.92 Å². The average molecular weight is 431 g/mol. The van der Waals surface area contributed by atoms with E-state index in [1.807, 2.05) is 37.4 Å². The molecule has 2 rings (SSSR count). The topological polar surface area (TPSA) is 108 Å². The fourth-order valence-electron chi connectivity index (χ4n) is 2.85. The van der Waals surface area contributed by atoms with Crippen molar-refractivity contribution < 1.29 is 24.6 Å². The Morgan fingerprint density at radius 1 is 1.13 bits per heavy atom. The zero-order chi connectivity index (χ0) is 21.9. The first-order chi connectivity index (χ1) is 14.4. The van der Waals surface area contributed by atoms with E-state index in [-0.39, 0.29) is 11.7 Å². The van der Waals surface area contributed by atoms with E-state index in [0.717, 1.165) is 10.5 Å². The van der Waals surface area contributed by atoms with Crippen molar-refractivity contribution in [2.24, 2.45) is 5.92 Å². The quantitative estimate of drug-likeness (QED) is 0.195. The summed E-state index contributed by atoms with van der Waals surface area (Å²) >= 11 is 1.61. The van der Waals surface area contributed by atoms with Crippen molar-refractivity contribution in [1.82, 2.24) is 5.48 Å². The number of ether oxygens (including phenoxy) is 1. The van der Waals surface area contributed by atoms with Crippen LogP contribution in [0.15, 0.2) is 65.6 Å². The number of carbonyl (C=O) groups is 2. The van der Waals surface area contributed by atoms with Crippen molar-refractivity contribution >= 4 is 29.4 Å². The van der Waals surface area contributed by atoms with Crippen LogP contribution in [0.4, 0.5) is 10.5 Å². The zero-order valence-corrected chi connectivity index (χ0v) is 17.7. The summed E-state index contributed by atoms with van der Waals surface area (Å²) in [7, 11) is 0. The maximum Gasteiger partial charge on any atom is 0.412 e. The summed E-state index contributed by atoms with van der Waals surface area (Å²) in [5, 5.41) is 20.8. The van der Waals surface area contributed by atoms with E-state index in [2.05, 4.69) is 5.32 Å². The molecule has 0 heterocycles. The number of amides is 2. The number of nitrogens with one attached hydrogen (secondary N) is 2. The molecular weight excluding hydrogens is 404 g/mol. The molecular formula is C22H26N2O5S. The van der Waals surface area contributed by atoms with E-state index >= 15 is 0 Å². The van der Waals surface area contributed by atoms with Crippen molar-refractivity contribution in [2.75, 3.05) is 11.6 Å². The SMILES string of the molecule is CSc1ccc(NC(=O)O[C@H](c2ccc(O)cc2)[C@H](C)CC/C=C/C(=O)NO)cc1. The van der Waals surface area contributed by atoms with E-state index in [0.29, 0.717) is 18.5 Å². The molecule has 0 aliphatic rings. The molecule has 0 saturated carbocycles. The number of benzene rings is 2. The van der Waals surface area contributed by atoms with Crippen molar-refractivity contribution in [3.05, 3.63) is 66.2 Å². The number of anilines is 1. The molecule has 0 fully saturated rings. The molecule has 0 bridgehead atoms. The number of phenols is 1. The Bertz CT molecular complexity index is 853. The van der Waals surface area contributed by atoms with Gasteiger partial charge in [0.15, 0.2) is 0 Å². The number of allylic oxidation sites excluding steroid dienone is 1. The number of hydroxylamine groups is 1. The molecule has 0 unspecified atom stereocenters. The zero-order valence-electron chi connectivity index (χ0n) is 16.9. The second kappa shape index (κ2) is 11.9. The Kier molecular flexibility index (Phi) is 9.24. The third-order valence-electron chi connectivity index (χ3n) is 4.48. The second-order valence-corrected chi connectivity index (χ2v) is 7.58. The van der Waals surface area contributed by atoms with Crippen molar-refractivity contribution in [3.8, 4) is 5.75 Å². The lowest BCUT2D eigenvalue weighted by atomic mass is 9.93. The number of rotatable bonds is 9. The summed E-state index contributed by atoms with van der Waals surface area (Å²) in [4.78, 5) is 24.6. The van der Waals surface area contributed by atoms with Gasteiger partial charge in [0.25, 0.3) is 5.91 Å². The highest BCUT2D eigenvalue weighted by atomic mass is 32.2. The van der Waals surface area contributed by atoms with Crippen LogP contribution in [0.5, 0.6) is 5.75 Å². The predicted molar refractivity (Wildman–Crippen MR) is 117 cm³/mol. The Morgan fingerprint density at radius 3 is 2.40 bits per heavy atom. The normalized spacial score (nSPS) is 12.9. The number of thioether (sulfide) groups is 1. The van der Waals surface area contributed by atoms with Gasteiger partial charge in [0.05, 0.1) is 0 Å². The number of hydrogen-bond donors (Lipinski definition) is 4. The average Bonchev–Trinajstić information content (AvgIpc) is 2.76. The van der Waals surface area contributed by atoms with Crippen LogP contribution >= 0.6 is 11.8 Å². The number of hydrogen-bond acceptors (Lipinski definition) is 6. The van der Waals surface area contributed by atoms with Crippen molar-refractivity contribution in [1.29, 1.82) is 0 Å². The summed E-state index contributed by atoms with van der Waals surface area (Å²) in [5.41, 5.74) is 2.92. The third kappa shape index (κ3) is 7.46. The number of carbonyl (C=O) groups excluding carboxylic acids is 2. The van der Waals surface area contributed by atoms with Crippen molar-refractivity contribution in [2.45, 2.75) is 30.8 Å². The number of phenolic OH excluding ortho intramolecular Hbond substituents is 1. The first-order valence-electron chi connectivity index (χ1n) is 9.44. The van der Waals surface area contributed by atoms with Crippen LogP contribution in [0.25, 0.3) is 0 Å². The summed E-state index contributed by atoms with van der Waals surface area (Å²) in [6.07, 6.45) is 4.94. The summed E-state index contributed by atoms with van der Waals surface area (Å²) in [6, 6.07) is 14.0. The largest absolute Gasteiger partial charge is 0.508 e. The fourth-order valence-corrected chi connectivity index (χ4v) is 3.26. The monoisotopic (exact) mass is 430 g/mol. The molecule has 0 radical (unpaired) electrons. The lowest BCUT2D eigenvalue weighted by Crippen LogP contribution is -2.22. The Balaban J connectivity index is 2.06. The lowest BCUT2D eigenvalue weighted by Gasteiger charge is -2.24. The molecule has 2 aromatic rings. The van der Waals surface area contributed by atoms with Crippen LogP contribution < -0.4 is 10.8 Å². The fraction of sp³-hybridized carbons (Fsp3) is 0.273. The smallest absolute Gasteiger partial charge is 0.412 e. The van der Waals surface area contributed by atoms with Gasteiger partial charge in [0.2, 0.25) is 0 Å². The predicted octanol–water partition coefficient (Wildman–Crippen LogP) is 4.88. The summed E-state index contributed by atoms with van der Waals surface area (Å²) in [6.45, 7) is 1.94. The van der Waals surface area contributed by atoms with Gasteiger partial charge in [-0.1, -0.05) is 25.1 Å². The maximum atomic E-state index is 12.5. The molecule has 0 spiro atoms. The van der Waals surface area contributed by atoms with Crippen LogP contribution in [-0.4, -0.2) is 28.6 Å².